The fourth-order valence-electron chi connectivity index (χ4n) is 2.60. The number of aromatic amines is 1. The molecule has 0 fully saturated rings. The number of rotatable bonds is 8. The van der Waals surface area contributed by atoms with Crippen molar-refractivity contribution in [2.45, 2.75) is 23.8 Å². The molecule has 0 aliphatic rings. The maximum Gasteiger partial charge on any atom is 0.251 e. The number of nitrogens with zero attached hydrogens (tertiary/aromatic N) is 1. The van der Waals surface area contributed by atoms with Crippen LogP contribution in [0.2, 0.25) is 0 Å². The highest BCUT2D eigenvalue weighted by Crippen LogP contribution is 2.18. The lowest BCUT2D eigenvalue weighted by molar-refractivity contribution is -0.120. The average Bonchev–Trinajstić information content (AvgIpc) is 2.69. The molecule has 0 saturated heterocycles. The molecule has 2 aromatic carbocycles. The molecule has 0 radical (unpaired) electrons. The minimum absolute atomic E-state index is 0.0164. The normalized spacial score (nSPS) is 10.7. The first-order valence-corrected chi connectivity index (χ1v) is 9.95. The van der Waals surface area contributed by atoms with E-state index in [2.05, 4.69) is 15.3 Å². The third-order valence-electron chi connectivity index (χ3n) is 4.05. The molecular formula is C21H19F2N3O2S. The third kappa shape index (κ3) is 6.83. The van der Waals surface area contributed by atoms with Gasteiger partial charge >= 0.3 is 0 Å². The summed E-state index contributed by atoms with van der Waals surface area (Å²) < 4.78 is 25.8. The number of carbonyl (C=O) groups is 1. The van der Waals surface area contributed by atoms with E-state index in [-0.39, 0.29) is 29.5 Å². The van der Waals surface area contributed by atoms with Gasteiger partial charge in [-0.15, -0.1) is 0 Å². The zero-order valence-corrected chi connectivity index (χ0v) is 16.3. The van der Waals surface area contributed by atoms with Crippen LogP contribution in [0.15, 0.2) is 64.5 Å². The molecule has 0 atom stereocenters. The van der Waals surface area contributed by atoms with E-state index in [9.17, 15) is 18.4 Å². The van der Waals surface area contributed by atoms with Crippen LogP contribution in [-0.4, -0.2) is 22.4 Å². The number of halogens is 2. The quantitative estimate of drug-likeness (QED) is 0.438. The highest BCUT2D eigenvalue weighted by Gasteiger charge is 2.08. The molecule has 150 valence electrons. The molecule has 29 heavy (non-hydrogen) atoms. The zero-order chi connectivity index (χ0) is 20.6. The van der Waals surface area contributed by atoms with Crippen molar-refractivity contribution in [2.24, 2.45) is 0 Å². The van der Waals surface area contributed by atoms with E-state index in [1.165, 1.54) is 42.1 Å². The van der Waals surface area contributed by atoms with Crippen molar-refractivity contribution in [3.05, 3.63) is 93.4 Å². The number of thioether (sulfide) groups is 1. The van der Waals surface area contributed by atoms with Gasteiger partial charge in [0.1, 0.15) is 11.6 Å². The molecule has 0 saturated carbocycles. The lowest BCUT2D eigenvalue weighted by Crippen LogP contribution is -2.28. The molecular weight excluding hydrogens is 396 g/mol. The van der Waals surface area contributed by atoms with Crippen molar-refractivity contribution >= 4 is 17.7 Å². The highest BCUT2D eigenvalue weighted by molar-refractivity contribution is 7.98. The molecule has 3 aromatic rings. The standard InChI is InChI=1S/C21H19F2N3O2S/c22-16-5-1-14(2-6-16)9-10-24-19(27)11-18-12-20(28)26-21(25-18)29-13-15-3-7-17(23)8-4-15/h1-8,12H,9-11,13H2,(H,24,27)(H,25,26,28). The molecule has 0 aliphatic carbocycles. The first kappa shape index (κ1) is 20.7. The van der Waals surface area contributed by atoms with Gasteiger partial charge in [-0.2, -0.15) is 0 Å². The Morgan fingerprint density at radius 2 is 1.62 bits per heavy atom. The molecule has 1 aromatic heterocycles. The van der Waals surface area contributed by atoms with Crippen LogP contribution in [0.5, 0.6) is 0 Å². The smallest absolute Gasteiger partial charge is 0.251 e. The van der Waals surface area contributed by atoms with Gasteiger partial charge < -0.3 is 10.3 Å². The largest absolute Gasteiger partial charge is 0.355 e. The van der Waals surface area contributed by atoms with E-state index in [0.29, 0.717) is 29.6 Å². The maximum absolute atomic E-state index is 13.0. The number of hydrogen-bond donors (Lipinski definition) is 2. The molecule has 2 N–H and O–H groups in total. The molecule has 0 aliphatic heterocycles. The number of benzene rings is 2. The van der Waals surface area contributed by atoms with Crippen molar-refractivity contribution in [1.29, 1.82) is 0 Å². The monoisotopic (exact) mass is 415 g/mol. The van der Waals surface area contributed by atoms with Gasteiger partial charge in [-0.05, 0) is 41.8 Å². The Morgan fingerprint density at radius 3 is 2.28 bits per heavy atom. The summed E-state index contributed by atoms with van der Waals surface area (Å²) in [6.07, 6.45) is 0.561. The van der Waals surface area contributed by atoms with Crippen LogP contribution in [-0.2, 0) is 23.4 Å². The van der Waals surface area contributed by atoms with Gasteiger partial charge in [0.15, 0.2) is 5.16 Å². The van der Waals surface area contributed by atoms with Gasteiger partial charge in [0.2, 0.25) is 5.91 Å². The molecule has 5 nitrogen and oxygen atoms in total. The predicted molar refractivity (Wildman–Crippen MR) is 108 cm³/mol. The molecule has 0 bridgehead atoms. The Morgan fingerprint density at radius 1 is 1.00 bits per heavy atom. The lowest BCUT2D eigenvalue weighted by atomic mass is 10.1. The fraction of sp³-hybridized carbons (Fsp3) is 0.190. The Labute approximate surface area is 170 Å². The molecule has 0 unspecified atom stereocenters. The molecule has 1 heterocycles. The fourth-order valence-corrected chi connectivity index (χ4v) is 3.45. The second-order valence-electron chi connectivity index (χ2n) is 6.36. The van der Waals surface area contributed by atoms with Crippen LogP contribution in [0.1, 0.15) is 16.8 Å². The van der Waals surface area contributed by atoms with Gasteiger partial charge in [0, 0.05) is 18.4 Å². The van der Waals surface area contributed by atoms with Gasteiger partial charge in [-0.3, -0.25) is 9.59 Å². The number of amides is 1. The number of nitrogens with one attached hydrogen (secondary N) is 2. The molecule has 3 rings (SSSR count). The SMILES string of the molecule is O=C(Cc1cc(=O)[nH]c(SCc2ccc(F)cc2)n1)NCCc1ccc(F)cc1. The summed E-state index contributed by atoms with van der Waals surface area (Å²) in [4.78, 5) is 30.9. The van der Waals surface area contributed by atoms with Crippen molar-refractivity contribution in [1.82, 2.24) is 15.3 Å². The van der Waals surface area contributed by atoms with Crippen LogP contribution >= 0.6 is 11.8 Å². The summed E-state index contributed by atoms with van der Waals surface area (Å²) in [5.41, 5.74) is 1.84. The van der Waals surface area contributed by atoms with E-state index < -0.39 is 0 Å². The van der Waals surface area contributed by atoms with Crippen LogP contribution in [0.4, 0.5) is 8.78 Å². The van der Waals surface area contributed by atoms with Gasteiger partial charge in [0.05, 0.1) is 12.1 Å². The van der Waals surface area contributed by atoms with Crippen molar-refractivity contribution < 1.29 is 13.6 Å². The van der Waals surface area contributed by atoms with Crippen LogP contribution < -0.4 is 10.9 Å². The van der Waals surface area contributed by atoms with Gasteiger partial charge in [-0.1, -0.05) is 36.0 Å². The topological polar surface area (TPSA) is 74.8 Å². The van der Waals surface area contributed by atoms with Crippen molar-refractivity contribution in [3.8, 4) is 0 Å². The second-order valence-corrected chi connectivity index (χ2v) is 7.32. The Hall–Kier alpha value is -3.00. The first-order valence-electron chi connectivity index (χ1n) is 8.96. The minimum atomic E-state index is -0.337. The first-order chi connectivity index (χ1) is 14.0. The molecule has 1 amide bonds. The van der Waals surface area contributed by atoms with Crippen molar-refractivity contribution in [2.75, 3.05) is 6.54 Å². The van der Waals surface area contributed by atoms with E-state index in [1.807, 2.05) is 0 Å². The van der Waals surface area contributed by atoms with Crippen LogP contribution in [0, 0.1) is 11.6 Å². The van der Waals surface area contributed by atoms with E-state index >= 15 is 0 Å². The second kappa shape index (κ2) is 9.97. The van der Waals surface area contributed by atoms with Gasteiger partial charge in [0.25, 0.3) is 5.56 Å². The zero-order valence-electron chi connectivity index (χ0n) is 15.5. The summed E-state index contributed by atoms with van der Waals surface area (Å²) in [7, 11) is 0. The van der Waals surface area contributed by atoms with E-state index in [4.69, 9.17) is 0 Å². The van der Waals surface area contributed by atoms with E-state index in [1.54, 1.807) is 24.3 Å². The number of hydrogen-bond acceptors (Lipinski definition) is 4. The minimum Gasteiger partial charge on any atom is -0.355 e. The highest BCUT2D eigenvalue weighted by atomic mass is 32.2. The number of aromatic nitrogens is 2. The molecule has 8 heteroatoms. The summed E-state index contributed by atoms with van der Waals surface area (Å²) in [6, 6.07) is 13.5. The maximum atomic E-state index is 13.0. The summed E-state index contributed by atoms with van der Waals surface area (Å²) in [5.74, 6) is -0.347. The average molecular weight is 415 g/mol. The van der Waals surface area contributed by atoms with Crippen LogP contribution in [0.3, 0.4) is 0 Å². The number of carbonyl (C=O) groups excluding carboxylic acids is 1. The van der Waals surface area contributed by atoms with E-state index in [0.717, 1.165) is 11.1 Å². The Bertz CT molecular complexity index is 1020. The summed E-state index contributed by atoms with van der Waals surface area (Å²) in [6.45, 7) is 0.403. The number of H-pyrrole nitrogens is 1. The van der Waals surface area contributed by atoms with Crippen molar-refractivity contribution in [3.63, 3.8) is 0 Å². The summed E-state index contributed by atoms with van der Waals surface area (Å²) in [5, 5.41) is 3.17. The van der Waals surface area contributed by atoms with Gasteiger partial charge in [-0.25, -0.2) is 13.8 Å². The van der Waals surface area contributed by atoms with Crippen LogP contribution in [0.25, 0.3) is 0 Å². The summed E-state index contributed by atoms with van der Waals surface area (Å²) >= 11 is 1.30. The predicted octanol–water partition coefficient (Wildman–Crippen LogP) is 3.24. The third-order valence-corrected chi connectivity index (χ3v) is 5.00. The Balaban J connectivity index is 1.51. The lowest BCUT2D eigenvalue weighted by Gasteiger charge is -2.07. The Kier molecular flexibility index (Phi) is 7.13. The molecule has 0 spiro atoms.